The molecule has 0 radical (unpaired) electrons. The highest BCUT2D eigenvalue weighted by Gasteiger charge is 2.29. The number of anilines is 1. The molecule has 1 aromatic carbocycles. The van der Waals surface area contributed by atoms with E-state index in [0.717, 1.165) is 36.3 Å². The van der Waals surface area contributed by atoms with Crippen molar-refractivity contribution in [3.63, 3.8) is 0 Å². The minimum absolute atomic E-state index is 0.710. The predicted molar refractivity (Wildman–Crippen MR) is 81.5 cm³/mol. The number of nitrogens with zero attached hydrogens (tertiary/aromatic N) is 2. The number of aromatic nitrogens is 1. The minimum atomic E-state index is 0.710. The van der Waals surface area contributed by atoms with Gasteiger partial charge in [-0.15, -0.1) is 0 Å². The van der Waals surface area contributed by atoms with E-state index in [-0.39, 0.29) is 0 Å². The van der Waals surface area contributed by atoms with E-state index in [1.54, 1.807) is 7.11 Å². The number of pyridine rings is 1. The third kappa shape index (κ3) is 2.76. The molecule has 106 valence electrons. The Bertz CT molecular complexity index is 595. The van der Waals surface area contributed by atoms with E-state index < -0.39 is 0 Å². The molecule has 1 heterocycles. The zero-order valence-electron chi connectivity index (χ0n) is 11.9. The van der Waals surface area contributed by atoms with Gasteiger partial charge in [0.05, 0.1) is 12.1 Å². The number of hydrogen-bond acceptors (Lipinski definition) is 4. The maximum atomic E-state index is 6.03. The number of nitrogens with two attached hydrogens (primary N) is 1. The van der Waals surface area contributed by atoms with Crippen LogP contribution in [0.2, 0.25) is 0 Å². The van der Waals surface area contributed by atoms with Crippen molar-refractivity contribution in [1.82, 2.24) is 9.88 Å². The topological polar surface area (TPSA) is 51.4 Å². The number of ether oxygens (including phenoxy) is 1. The van der Waals surface area contributed by atoms with Crippen molar-refractivity contribution in [2.24, 2.45) is 0 Å². The number of hydrogen-bond donors (Lipinski definition) is 1. The molecule has 0 amide bonds. The van der Waals surface area contributed by atoms with Gasteiger partial charge in [0.25, 0.3) is 0 Å². The maximum absolute atomic E-state index is 6.03. The molecule has 2 N–H and O–H groups in total. The standard InChI is InChI=1S/C16H21N3O/c1-20-10-9-19(13-5-6-13)11-12-4-7-15(17)14-3-2-8-18-16(12)14/h2-4,7-8,13H,5-6,9-11,17H2,1H3. The van der Waals surface area contributed by atoms with Gasteiger partial charge in [0.15, 0.2) is 0 Å². The first kappa shape index (κ1) is 13.3. The van der Waals surface area contributed by atoms with Crippen LogP contribution < -0.4 is 5.73 Å². The van der Waals surface area contributed by atoms with Gasteiger partial charge >= 0.3 is 0 Å². The van der Waals surface area contributed by atoms with E-state index >= 15 is 0 Å². The summed E-state index contributed by atoms with van der Waals surface area (Å²) in [5.74, 6) is 0. The summed E-state index contributed by atoms with van der Waals surface area (Å²) in [6, 6.07) is 8.78. The van der Waals surface area contributed by atoms with Crippen molar-refractivity contribution < 1.29 is 4.74 Å². The molecule has 0 spiro atoms. The zero-order chi connectivity index (χ0) is 13.9. The lowest BCUT2D eigenvalue weighted by Gasteiger charge is -2.22. The Labute approximate surface area is 119 Å². The van der Waals surface area contributed by atoms with Crippen LogP contribution in [-0.4, -0.2) is 36.2 Å². The first-order valence-corrected chi connectivity index (χ1v) is 7.14. The smallest absolute Gasteiger partial charge is 0.0767 e. The van der Waals surface area contributed by atoms with Gasteiger partial charge in [-0.2, -0.15) is 0 Å². The molecule has 0 unspecified atom stereocenters. The summed E-state index contributed by atoms with van der Waals surface area (Å²) in [4.78, 5) is 7.01. The third-order valence-corrected chi connectivity index (χ3v) is 3.91. The molecule has 0 saturated heterocycles. The van der Waals surface area contributed by atoms with Crippen LogP contribution in [0.4, 0.5) is 5.69 Å². The van der Waals surface area contributed by atoms with Gasteiger partial charge in [-0.25, -0.2) is 0 Å². The number of rotatable bonds is 6. The first-order chi connectivity index (χ1) is 9.79. The van der Waals surface area contributed by atoms with E-state index in [2.05, 4.69) is 16.0 Å². The Balaban J connectivity index is 1.87. The predicted octanol–water partition coefficient (Wildman–Crippen LogP) is 2.43. The molecule has 1 aliphatic carbocycles. The van der Waals surface area contributed by atoms with Gasteiger partial charge in [0.1, 0.15) is 0 Å². The summed E-state index contributed by atoms with van der Waals surface area (Å²) < 4.78 is 5.22. The minimum Gasteiger partial charge on any atom is -0.398 e. The molecular formula is C16H21N3O. The molecule has 1 fully saturated rings. The van der Waals surface area contributed by atoms with Crippen LogP contribution >= 0.6 is 0 Å². The second-order valence-corrected chi connectivity index (χ2v) is 5.41. The Kier molecular flexibility index (Phi) is 3.85. The van der Waals surface area contributed by atoms with E-state index in [0.29, 0.717) is 6.04 Å². The lowest BCUT2D eigenvalue weighted by atomic mass is 10.1. The molecule has 4 heteroatoms. The largest absolute Gasteiger partial charge is 0.398 e. The summed E-state index contributed by atoms with van der Waals surface area (Å²) in [6.45, 7) is 2.67. The second-order valence-electron chi connectivity index (χ2n) is 5.41. The van der Waals surface area contributed by atoms with Gasteiger partial charge in [0.2, 0.25) is 0 Å². The molecule has 20 heavy (non-hydrogen) atoms. The van der Waals surface area contributed by atoms with Crippen molar-refractivity contribution in [1.29, 1.82) is 0 Å². The fraction of sp³-hybridized carbons (Fsp3) is 0.438. The van der Waals surface area contributed by atoms with E-state index in [1.807, 2.05) is 24.4 Å². The van der Waals surface area contributed by atoms with Crippen LogP contribution in [0, 0.1) is 0 Å². The summed E-state index contributed by atoms with van der Waals surface area (Å²) in [6.07, 6.45) is 4.43. The number of methoxy groups -OCH3 is 1. The van der Waals surface area contributed by atoms with E-state index in [4.69, 9.17) is 10.5 Å². The number of nitrogen functional groups attached to an aromatic ring is 1. The van der Waals surface area contributed by atoms with Gasteiger partial charge in [-0.1, -0.05) is 6.07 Å². The fourth-order valence-corrected chi connectivity index (χ4v) is 2.64. The van der Waals surface area contributed by atoms with Crippen molar-refractivity contribution >= 4 is 16.6 Å². The van der Waals surface area contributed by atoms with Crippen molar-refractivity contribution in [2.45, 2.75) is 25.4 Å². The van der Waals surface area contributed by atoms with E-state index in [1.165, 1.54) is 18.4 Å². The second kappa shape index (κ2) is 5.77. The van der Waals surface area contributed by atoms with Crippen LogP contribution in [0.1, 0.15) is 18.4 Å². The van der Waals surface area contributed by atoms with Crippen molar-refractivity contribution in [3.05, 3.63) is 36.0 Å². The SMILES string of the molecule is COCCN(Cc1ccc(N)c2cccnc12)C1CC1. The summed E-state index contributed by atoms with van der Waals surface area (Å²) >= 11 is 0. The highest BCUT2D eigenvalue weighted by atomic mass is 16.5. The molecule has 4 nitrogen and oxygen atoms in total. The first-order valence-electron chi connectivity index (χ1n) is 7.14. The molecular weight excluding hydrogens is 250 g/mol. The Morgan fingerprint density at radius 3 is 2.95 bits per heavy atom. The van der Waals surface area contributed by atoms with Crippen LogP contribution in [0.5, 0.6) is 0 Å². The summed E-state index contributed by atoms with van der Waals surface area (Å²) in [7, 11) is 1.76. The molecule has 1 aromatic heterocycles. The Morgan fingerprint density at radius 2 is 2.20 bits per heavy atom. The molecule has 0 bridgehead atoms. The quantitative estimate of drug-likeness (QED) is 0.820. The van der Waals surface area contributed by atoms with E-state index in [9.17, 15) is 0 Å². The molecule has 3 rings (SSSR count). The maximum Gasteiger partial charge on any atom is 0.0767 e. The monoisotopic (exact) mass is 271 g/mol. The highest BCUT2D eigenvalue weighted by Crippen LogP contribution is 2.30. The average Bonchev–Trinajstić information content (AvgIpc) is 3.31. The van der Waals surface area contributed by atoms with Crippen LogP contribution in [0.15, 0.2) is 30.5 Å². The normalized spacial score (nSPS) is 15.1. The third-order valence-electron chi connectivity index (χ3n) is 3.91. The Morgan fingerprint density at radius 1 is 1.35 bits per heavy atom. The number of fused-ring (bicyclic) bond motifs is 1. The molecule has 0 aliphatic heterocycles. The fourth-order valence-electron chi connectivity index (χ4n) is 2.64. The van der Waals surface area contributed by atoms with Gasteiger partial charge in [-0.3, -0.25) is 9.88 Å². The van der Waals surface area contributed by atoms with Gasteiger partial charge in [0, 0.05) is 43.5 Å². The zero-order valence-corrected chi connectivity index (χ0v) is 11.9. The van der Waals surface area contributed by atoms with Crippen LogP contribution in [-0.2, 0) is 11.3 Å². The lowest BCUT2D eigenvalue weighted by molar-refractivity contribution is 0.140. The summed E-state index contributed by atoms with van der Waals surface area (Å²) in [5, 5.41) is 1.05. The summed E-state index contributed by atoms with van der Waals surface area (Å²) in [5.41, 5.74) is 9.10. The lowest BCUT2D eigenvalue weighted by Crippen LogP contribution is -2.29. The molecule has 2 aromatic rings. The number of benzene rings is 1. The average molecular weight is 271 g/mol. The van der Waals surface area contributed by atoms with Gasteiger partial charge in [-0.05, 0) is 36.6 Å². The van der Waals surface area contributed by atoms with Crippen molar-refractivity contribution in [3.8, 4) is 0 Å². The van der Waals surface area contributed by atoms with Crippen LogP contribution in [0.25, 0.3) is 10.9 Å². The molecule has 1 saturated carbocycles. The molecule has 0 atom stereocenters. The highest BCUT2D eigenvalue weighted by molar-refractivity contribution is 5.92. The van der Waals surface area contributed by atoms with Gasteiger partial charge < -0.3 is 10.5 Å². The van der Waals surface area contributed by atoms with Crippen molar-refractivity contribution in [2.75, 3.05) is 26.0 Å². The Hall–Kier alpha value is -1.65. The van der Waals surface area contributed by atoms with Crippen LogP contribution in [0.3, 0.4) is 0 Å². The molecule has 1 aliphatic rings.